The molecule has 0 unspecified atom stereocenters. The number of rotatable bonds is 3. The maximum absolute atomic E-state index is 11.8. The van der Waals surface area contributed by atoms with Crippen LogP contribution in [0.4, 0.5) is 5.69 Å². The second-order valence-corrected chi connectivity index (χ2v) is 3.64. The van der Waals surface area contributed by atoms with E-state index in [0.717, 1.165) is 0 Å². The summed E-state index contributed by atoms with van der Waals surface area (Å²) in [6, 6.07) is 3.07. The van der Waals surface area contributed by atoms with Crippen LogP contribution in [0.5, 0.6) is 0 Å². The van der Waals surface area contributed by atoms with Gasteiger partial charge in [0.1, 0.15) is 5.15 Å². The van der Waals surface area contributed by atoms with Crippen molar-refractivity contribution in [3.63, 3.8) is 0 Å². The number of pyridine rings is 1. The molecule has 2 heterocycles. The van der Waals surface area contributed by atoms with E-state index in [9.17, 15) is 4.79 Å². The molecule has 0 aliphatic heterocycles. The zero-order valence-electron chi connectivity index (χ0n) is 8.68. The second kappa shape index (κ2) is 4.84. The number of carbonyl (C=O) groups is 1. The van der Waals surface area contributed by atoms with Gasteiger partial charge in [-0.05, 0) is 6.07 Å². The van der Waals surface area contributed by atoms with Gasteiger partial charge in [-0.2, -0.15) is 0 Å². The Hall–Kier alpha value is -2.08. The number of carbonyl (C=O) groups excluding carboxylic acids is 1. The van der Waals surface area contributed by atoms with Crippen molar-refractivity contribution in [2.24, 2.45) is 0 Å². The Kier molecular flexibility index (Phi) is 3.24. The number of anilines is 1. The molecule has 1 amide bonds. The first-order valence-electron chi connectivity index (χ1n) is 4.75. The molecule has 0 aliphatic carbocycles. The van der Waals surface area contributed by atoms with Crippen molar-refractivity contribution in [1.29, 1.82) is 0 Å². The molecule has 0 fully saturated rings. The van der Waals surface area contributed by atoms with Gasteiger partial charge in [0.05, 0.1) is 30.2 Å². The van der Waals surface area contributed by atoms with Gasteiger partial charge in [0.25, 0.3) is 5.91 Å². The first-order valence-corrected chi connectivity index (χ1v) is 5.13. The summed E-state index contributed by atoms with van der Waals surface area (Å²) in [4.78, 5) is 15.5. The Bertz CT molecular complexity index is 527. The number of amides is 1. The highest BCUT2D eigenvalue weighted by Crippen LogP contribution is 2.14. The number of hydrogen-bond donors (Lipinski definition) is 2. The number of hydrogen-bond acceptors (Lipinski definition) is 5. The van der Waals surface area contributed by atoms with E-state index in [1.165, 1.54) is 18.5 Å². The van der Waals surface area contributed by atoms with Crippen LogP contribution in [0.3, 0.4) is 0 Å². The van der Waals surface area contributed by atoms with E-state index in [1.54, 1.807) is 6.07 Å². The molecule has 2 rings (SSSR count). The fraction of sp³-hybridized carbons (Fsp3) is 0.100. The standard InChI is InChI=1S/C10H9ClN4O2/c11-9-3-7(8(12)5-13-9)10(16)14-4-6-1-2-15-17-6/h1-3,5H,4,12H2,(H,14,16). The molecule has 2 aromatic heterocycles. The molecule has 0 aliphatic rings. The number of aromatic nitrogens is 2. The maximum atomic E-state index is 11.8. The second-order valence-electron chi connectivity index (χ2n) is 3.26. The Morgan fingerprint density at radius 3 is 3.12 bits per heavy atom. The summed E-state index contributed by atoms with van der Waals surface area (Å²) in [5.41, 5.74) is 6.17. The van der Waals surface area contributed by atoms with Gasteiger partial charge in [-0.15, -0.1) is 0 Å². The molecule has 3 N–H and O–H groups in total. The molecule has 88 valence electrons. The fourth-order valence-electron chi connectivity index (χ4n) is 1.23. The van der Waals surface area contributed by atoms with Crippen LogP contribution in [0.1, 0.15) is 16.1 Å². The quantitative estimate of drug-likeness (QED) is 0.802. The van der Waals surface area contributed by atoms with Crippen LogP contribution in [-0.2, 0) is 6.54 Å². The van der Waals surface area contributed by atoms with E-state index < -0.39 is 0 Å². The van der Waals surface area contributed by atoms with Gasteiger partial charge in [0.15, 0.2) is 5.76 Å². The highest BCUT2D eigenvalue weighted by molar-refractivity contribution is 6.29. The van der Waals surface area contributed by atoms with E-state index in [4.69, 9.17) is 21.9 Å². The first kappa shape index (κ1) is 11.4. The monoisotopic (exact) mass is 252 g/mol. The summed E-state index contributed by atoms with van der Waals surface area (Å²) in [5.74, 6) is 0.209. The average molecular weight is 253 g/mol. The fourth-order valence-corrected chi connectivity index (χ4v) is 1.39. The minimum absolute atomic E-state index is 0.212. The molecule has 0 bridgehead atoms. The molecule has 0 aromatic carbocycles. The average Bonchev–Trinajstić information content (AvgIpc) is 2.82. The molecule has 0 saturated carbocycles. The normalized spacial score (nSPS) is 10.2. The highest BCUT2D eigenvalue weighted by Gasteiger charge is 2.11. The molecule has 7 heteroatoms. The highest BCUT2D eigenvalue weighted by atomic mass is 35.5. The molecule has 17 heavy (non-hydrogen) atoms. The number of halogens is 1. The van der Waals surface area contributed by atoms with Crippen molar-refractivity contribution in [2.45, 2.75) is 6.54 Å². The van der Waals surface area contributed by atoms with Crippen LogP contribution in [0.25, 0.3) is 0 Å². The Morgan fingerprint density at radius 1 is 1.59 bits per heavy atom. The van der Waals surface area contributed by atoms with Crippen molar-refractivity contribution in [3.05, 3.63) is 41.0 Å². The third-order valence-electron chi connectivity index (χ3n) is 2.06. The summed E-state index contributed by atoms with van der Waals surface area (Å²) in [7, 11) is 0. The minimum atomic E-state index is -0.344. The van der Waals surface area contributed by atoms with Crippen molar-refractivity contribution < 1.29 is 9.32 Å². The van der Waals surface area contributed by atoms with E-state index in [0.29, 0.717) is 5.76 Å². The molecular weight excluding hydrogens is 244 g/mol. The van der Waals surface area contributed by atoms with Crippen LogP contribution in [0, 0.1) is 0 Å². The molecule has 0 atom stereocenters. The summed E-state index contributed by atoms with van der Waals surface area (Å²) < 4.78 is 4.84. The molecule has 0 spiro atoms. The van der Waals surface area contributed by atoms with Crippen LogP contribution < -0.4 is 11.1 Å². The largest absolute Gasteiger partial charge is 0.397 e. The topological polar surface area (TPSA) is 94.0 Å². The van der Waals surface area contributed by atoms with Gasteiger partial charge >= 0.3 is 0 Å². The number of nitrogens with two attached hydrogens (primary N) is 1. The van der Waals surface area contributed by atoms with Crippen LogP contribution >= 0.6 is 11.6 Å². The molecule has 0 radical (unpaired) electrons. The molecule has 0 saturated heterocycles. The molecule has 2 aromatic rings. The van der Waals surface area contributed by atoms with Gasteiger partial charge in [-0.3, -0.25) is 4.79 Å². The molecule has 6 nitrogen and oxygen atoms in total. The number of nitrogens with zero attached hydrogens (tertiary/aromatic N) is 2. The third kappa shape index (κ3) is 2.73. The van der Waals surface area contributed by atoms with Gasteiger partial charge in [0, 0.05) is 6.07 Å². The lowest BCUT2D eigenvalue weighted by atomic mass is 10.2. The van der Waals surface area contributed by atoms with Gasteiger partial charge in [0.2, 0.25) is 0 Å². The lowest BCUT2D eigenvalue weighted by Gasteiger charge is -2.05. The maximum Gasteiger partial charge on any atom is 0.253 e. The first-order chi connectivity index (χ1) is 8.16. The van der Waals surface area contributed by atoms with Crippen molar-refractivity contribution in [3.8, 4) is 0 Å². The minimum Gasteiger partial charge on any atom is -0.397 e. The smallest absolute Gasteiger partial charge is 0.253 e. The number of nitrogens with one attached hydrogen (secondary N) is 1. The Morgan fingerprint density at radius 2 is 2.41 bits per heavy atom. The van der Waals surface area contributed by atoms with Crippen LogP contribution in [-0.4, -0.2) is 16.0 Å². The Labute approximate surface area is 102 Å². The lowest BCUT2D eigenvalue weighted by Crippen LogP contribution is -2.23. The van der Waals surface area contributed by atoms with Crippen LogP contribution in [0.2, 0.25) is 5.15 Å². The van der Waals surface area contributed by atoms with Gasteiger partial charge < -0.3 is 15.6 Å². The third-order valence-corrected chi connectivity index (χ3v) is 2.27. The predicted molar refractivity (Wildman–Crippen MR) is 61.3 cm³/mol. The summed E-state index contributed by atoms with van der Waals surface area (Å²) in [6.07, 6.45) is 2.84. The summed E-state index contributed by atoms with van der Waals surface area (Å²) >= 11 is 5.69. The predicted octanol–water partition coefficient (Wildman–Crippen LogP) is 1.24. The summed E-state index contributed by atoms with van der Waals surface area (Å²) in [6.45, 7) is 0.234. The van der Waals surface area contributed by atoms with Gasteiger partial charge in [-0.25, -0.2) is 4.98 Å². The van der Waals surface area contributed by atoms with Gasteiger partial charge in [-0.1, -0.05) is 16.8 Å². The number of nitrogen functional groups attached to an aromatic ring is 1. The van der Waals surface area contributed by atoms with E-state index in [1.807, 2.05) is 0 Å². The van der Waals surface area contributed by atoms with Crippen molar-refractivity contribution in [1.82, 2.24) is 15.5 Å². The van der Waals surface area contributed by atoms with Crippen molar-refractivity contribution in [2.75, 3.05) is 5.73 Å². The van der Waals surface area contributed by atoms with E-state index in [2.05, 4.69) is 15.5 Å². The van der Waals surface area contributed by atoms with Crippen LogP contribution in [0.15, 0.2) is 29.0 Å². The summed E-state index contributed by atoms with van der Waals surface area (Å²) in [5, 5.41) is 6.36. The molecular formula is C10H9ClN4O2. The van der Waals surface area contributed by atoms with E-state index in [-0.39, 0.29) is 28.9 Å². The zero-order valence-corrected chi connectivity index (χ0v) is 9.44. The van der Waals surface area contributed by atoms with E-state index >= 15 is 0 Å². The SMILES string of the molecule is Nc1cnc(Cl)cc1C(=O)NCc1ccno1. The lowest BCUT2D eigenvalue weighted by molar-refractivity contribution is 0.0948. The zero-order chi connectivity index (χ0) is 12.3. The van der Waals surface area contributed by atoms with Crippen molar-refractivity contribution >= 4 is 23.2 Å². The Balaban J connectivity index is 2.07.